The lowest BCUT2D eigenvalue weighted by Gasteiger charge is -2.18. The van der Waals surface area contributed by atoms with Gasteiger partial charge >= 0.3 is 0 Å². The Balaban J connectivity index is 2.56. The van der Waals surface area contributed by atoms with Gasteiger partial charge in [0.15, 0.2) is 0 Å². The van der Waals surface area contributed by atoms with E-state index in [-0.39, 0.29) is 0 Å². The first-order valence-electron chi connectivity index (χ1n) is 4.55. The maximum atomic E-state index is 5.86. The van der Waals surface area contributed by atoms with Gasteiger partial charge in [-0.2, -0.15) is 0 Å². The van der Waals surface area contributed by atoms with Gasteiger partial charge in [0.2, 0.25) is 0 Å². The standard InChI is InChI=1S/C10H16ClNS/c1-7(2)9(12-3)6-8-4-5-10(11)13-8/h4-5,7,9,12H,6H2,1-3H3. The first-order valence-corrected chi connectivity index (χ1v) is 5.74. The zero-order chi connectivity index (χ0) is 9.84. The summed E-state index contributed by atoms with van der Waals surface area (Å²) >= 11 is 7.54. The Labute approximate surface area is 89.1 Å². The highest BCUT2D eigenvalue weighted by Crippen LogP contribution is 2.23. The summed E-state index contributed by atoms with van der Waals surface area (Å²) in [7, 11) is 2.01. The quantitative estimate of drug-likeness (QED) is 0.817. The Morgan fingerprint density at radius 3 is 2.54 bits per heavy atom. The van der Waals surface area contributed by atoms with Crippen LogP contribution >= 0.6 is 22.9 Å². The highest BCUT2D eigenvalue weighted by atomic mass is 35.5. The molecule has 0 aliphatic heterocycles. The van der Waals surface area contributed by atoms with Gasteiger partial charge in [-0.05, 0) is 31.5 Å². The molecule has 1 unspecified atom stereocenters. The van der Waals surface area contributed by atoms with Gasteiger partial charge in [0.05, 0.1) is 4.34 Å². The molecule has 3 heteroatoms. The van der Waals surface area contributed by atoms with E-state index in [2.05, 4.69) is 25.2 Å². The Bertz CT molecular complexity index is 257. The van der Waals surface area contributed by atoms with Gasteiger partial charge < -0.3 is 5.32 Å². The van der Waals surface area contributed by atoms with Gasteiger partial charge in [-0.25, -0.2) is 0 Å². The van der Waals surface area contributed by atoms with E-state index >= 15 is 0 Å². The summed E-state index contributed by atoms with van der Waals surface area (Å²) in [6.45, 7) is 4.47. The van der Waals surface area contributed by atoms with E-state index in [0.29, 0.717) is 12.0 Å². The van der Waals surface area contributed by atoms with Crippen LogP contribution in [-0.2, 0) is 6.42 Å². The molecule has 1 heterocycles. The Morgan fingerprint density at radius 2 is 2.15 bits per heavy atom. The van der Waals surface area contributed by atoms with Crippen molar-refractivity contribution in [3.63, 3.8) is 0 Å². The van der Waals surface area contributed by atoms with Crippen molar-refractivity contribution in [3.05, 3.63) is 21.3 Å². The third kappa shape index (κ3) is 3.29. The predicted molar refractivity (Wildman–Crippen MR) is 60.7 cm³/mol. The summed E-state index contributed by atoms with van der Waals surface area (Å²) < 4.78 is 0.883. The molecular weight excluding hydrogens is 202 g/mol. The van der Waals surface area contributed by atoms with E-state index in [1.165, 1.54) is 4.88 Å². The number of rotatable bonds is 4. The van der Waals surface area contributed by atoms with E-state index in [9.17, 15) is 0 Å². The lowest BCUT2D eigenvalue weighted by molar-refractivity contribution is 0.427. The van der Waals surface area contributed by atoms with Gasteiger partial charge in [0.1, 0.15) is 0 Å². The van der Waals surface area contributed by atoms with E-state index in [0.717, 1.165) is 10.8 Å². The number of hydrogen-bond acceptors (Lipinski definition) is 2. The van der Waals surface area contributed by atoms with Gasteiger partial charge in [-0.3, -0.25) is 0 Å². The molecule has 0 aliphatic carbocycles. The van der Waals surface area contributed by atoms with Crippen molar-refractivity contribution in [3.8, 4) is 0 Å². The number of thiophene rings is 1. The predicted octanol–water partition coefficient (Wildman–Crippen LogP) is 3.19. The monoisotopic (exact) mass is 217 g/mol. The summed E-state index contributed by atoms with van der Waals surface area (Å²) in [5.41, 5.74) is 0. The molecule has 0 aliphatic rings. The summed E-state index contributed by atoms with van der Waals surface area (Å²) in [6, 6.07) is 4.63. The molecule has 0 saturated carbocycles. The van der Waals surface area contributed by atoms with E-state index in [4.69, 9.17) is 11.6 Å². The average molecular weight is 218 g/mol. The maximum Gasteiger partial charge on any atom is 0.0931 e. The molecule has 0 fully saturated rings. The van der Waals surface area contributed by atoms with E-state index in [1.54, 1.807) is 11.3 Å². The van der Waals surface area contributed by atoms with Crippen molar-refractivity contribution in [2.24, 2.45) is 5.92 Å². The largest absolute Gasteiger partial charge is 0.316 e. The van der Waals surface area contributed by atoms with Crippen LogP contribution in [0.4, 0.5) is 0 Å². The second kappa shape index (κ2) is 4.99. The second-order valence-corrected chi connectivity index (χ2v) is 5.35. The minimum atomic E-state index is 0.551. The molecular formula is C10H16ClNS. The van der Waals surface area contributed by atoms with Crippen LogP contribution in [0.2, 0.25) is 4.34 Å². The molecule has 1 N–H and O–H groups in total. The molecule has 1 rings (SSSR count). The summed E-state index contributed by atoms with van der Waals surface area (Å²) in [5.74, 6) is 0.658. The molecule has 0 bridgehead atoms. The third-order valence-electron chi connectivity index (χ3n) is 2.23. The fraction of sp³-hybridized carbons (Fsp3) is 0.600. The molecule has 1 atom stereocenters. The van der Waals surface area contributed by atoms with Crippen LogP contribution < -0.4 is 5.32 Å². The first kappa shape index (κ1) is 11.0. The fourth-order valence-electron chi connectivity index (χ4n) is 1.35. The zero-order valence-electron chi connectivity index (χ0n) is 8.30. The van der Waals surface area contributed by atoms with Crippen molar-refractivity contribution in [1.82, 2.24) is 5.32 Å². The molecule has 0 amide bonds. The van der Waals surface area contributed by atoms with Crippen molar-refractivity contribution >= 4 is 22.9 Å². The van der Waals surface area contributed by atoms with Crippen LogP contribution in [0.15, 0.2) is 12.1 Å². The lowest BCUT2D eigenvalue weighted by Crippen LogP contribution is -2.32. The van der Waals surface area contributed by atoms with Crippen LogP contribution in [-0.4, -0.2) is 13.1 Å². The van der Waals surface area contributed by atoms with Crippen molar-refractivity contribution in [2.75, 3.05) is 7.05 Å². The zero-order valence-corrected chi connectivity index (χ0v) is 9.88. The molecule has 0 saturated heterocycles. The van der Waals surface area contributed by atoms with Crippen LogP contribution in [0.25, 0.3) is 0 Å². The van der Waals surface area contributed by atoms with Gasteiger partial charge in [0.25, 0.3) is 0 Å². The molecule has 0 radical (unpaired) electrons. The third-order valence-corrected chi connectivity index (χ3v) is 3.48. The molecule has 1 nitrogen and oxygen atoms in total. The summed E-state index contributed by atoms with van der Waals surface area (Å²) in [4.78, 5) is 1.36. The summed E-state index contributed by atoms with van der Waals surface area (Å²) in [5, 5.41) is 3.32. The minimum absolute atomic E-state index is 0.551. The molecule has 1 aromatic rings. The molecule has 1 aromatic heterocycles. The fourth-order valence-corrected chi connectivity index (χ4v) is 2.50. The van der Waals surface area contributed by atoms with Gasteiger partial charge in [-0.15, -0.1) is 11.3 Å². The Kier molecular flexibility index (Phi) is 4.23. The topological polar surface area (TPSA) is 12.0 Å². The Hall–Kier alpha value is -0.0500. The number of halogens is 1. The van der Waals surface area contributed by atoms with Gasteiger partial charge in [0, 0.05) is 10.9 Å². The van der Waals surface area contributed by atoms with Gasteiger partial charge in [-0.1, -0.05) is 25.4 Å². The van der Waals surface area contributed by atoms with Crippen molar-refractivity contribution < 1.29 is 0 Å². The molecule has 13 heavy (non-hydrogen) atoms. The first-order chi connectivity index (χ1) is 6.13. The van der Waals surface area contributed by atoms with Crippen LogP contribution in [0.1, 0.15) is 18.7 Å². The van der Waals surface area contributed by atoms with Crippen LogP contribution in [0.3, 0.4) is 0 Å². The number of nitrogens with one attached hydrogen (secondary N) is 1. The van der Waals surface area contributed by atoms with E-state index < -0.39 is 0 Å². The SMILES string of the molecule is CNC(Cc1ccc(Cl)s1)C(C)C. The average Bonchev–Trinajstić information content (AvgIpc) is 2.46. The van der Waals surface area contributed by atoms with Crippen molar-refractivity contribution in [2.45, 2.75) is 26.3 Å². The maximum absolute atomic E-state index is 5.86. The number of hydrogen-bond donors (Lipinski definition) is 1. The van der Waals surface area contributed by atoms with Crippen LogP contribution in [0, 0.1) is 5.92 Å². The lowest BCUT2D eigenvalue weighted by atomic mass is 10.0. The smallest absolute Gasteiger partial charge is 0.0931 e. The highest BCUT2D eigenvalue weighted by molar-refractivity contribution is 7.16. The second-order valence-electron chi connectivity index (χ2n) is 3.55. The van der Waals surface area contributed by atoms with E-state index in [1.807, 2.05) is 13.1 Å². The summed E-state index contributed by atoms with van der Waals surface area (Å²) in [6.07, 6.45) is 1.07. The molecule has 0 aromatic carbocycles. The minimum Gasteiger partial charge on any atom is -0.316 e. The highest BCUT2D eigenvalue weighted by Gasteiger charge is 2.12. The van der Waals surface area contributed by atoms with Crippen molar-refractivity contribution in [1.29, 1.82) is 0 Å². The molecule has 0 spiro atoms. The molecule has 74 valence electrons. The normalized spacial score (nSPS) is 13.6. The Morgan fingerprint density at radius 1 is 1.46 bits per heavy atom. The number of likely N-dealkylation sites (N-methyl/N-ethyl adjacent to an activating group) is 1. The van der Waals surface area contributed by atoms with Crippen LogP contribution in [0.5, 0.6) is 0 Å².